The Morgan fingerprint density at radius 1 is 1.25 bits per heavy atom. The lowest BCUT2D eigenvalue weighted by atomic mass is 9.95. The molecule has 1 rings (SSSR count). The highest BCUT2D eigenvalue weighted by atomic mass is 16.4. The van der Waals surface area contributed by atoms with Gasteiger partial charge >= 0.3 is 5.97 Å². The van der Waals surface area contributed by atoms with Crippen LogP contribution in [0.25, 0.3) is 0 Å². The number of carboxylic acids is 1. The maximum Gasteiger partial charge on any atom is 0.330 e. The summed E-state index contributed by atoms with van der Waals surface area (Å²) < 4.78 is 0. The van der Waals surface area contributed by atoms with E-state index >= 15 is 0 Å². The summed E-state index contributed by atoms with van der Waals surface area (Å²) in [7, 11) is 0. The number of carboxylic acid groups (broad SMARTS) is 1. The Kier molecular flexibility index (Phi) is 6.18. The maximum absolute atomic E-state index is 12.1. The molecule has 0 saturated heterocycles. The molecule has 110 valence electrons. The van der Waals surface area contributed by atoms with Crippen molar-refractivity contribution in [3.05, 3.63) is 35.9 Å². The number of nitrogens with one attached hydrogen (secondary N) is 1. The van der Waals surface area contributed by atoms with Gasteiger partial charge in [-0.15, -0.1) is 0 Å². The quantitative estimate of drug-likeness (QED) is 0.705. The lowest BCUT2D eigenvalue weighted by Crippen LogP contribution is -2.40. The van der Waals surface area contributed by atoms with Gasteiger partial charge in [0.2, 0.25) is 5.91 Å². The van der Waals surface area contributed by atoms with Crippen LogP contribution in [0.3, 0.4) is 0 Å². The minimum atomic E-state index is -1.08. The van der Waals surface area contributed by atoms with E-state index in [1.165, 1.54) is 0 Å². The summed E-state index contributed by atoms with van der Waals surface area (Å²) in [6.45, 7) is 4.22. The Labute approximate surface area is 119 Å². The molecule has 2 unspecified atom stereocenters. The number of carbonyl (C=O) groups is 2. The molecule has 0 aliphatic rings. The number of rotatable bonds is 7. The van der Waals surface area contributed by atoms with Crippen LogP contribution in [0.4, 0.5) is 0 Å². The molecule has 0 fully saturated rings. The number of carbonyl (C=O) groups excluding carboxylic acids is 1. The topological polar surface area (TPSA) is 92.4 Å². The number of aliphatic carboxylic acids is 1. The first kappa shape index (κ1) is 16.2. The summed E-state index contributed by atoms with van der Waals surface area (Å²) in [6.07, 6.45) is 0.642. The van der Waals surface area contributed by atoms with Gasteiger partial charge in [-0.25, -0.2) is 4.79 Å². The van der Waals surface area contributed by atoms with Gasteiger partial charge in [-0.2, -0.15) is 0 Å². The zero-order chi connectivity index (χ0) is 15.1. The molecule has 0 aliphatic heterocycles. The van der Waals surface area contributed by atoms with Gasteiger partial charge in [0, 0.05) is 6.54 Å². The molecular weight excluding hydrogens is 256 g/mol. The molecule has 0 saturated carbocycles. The van der Waals surface area contributed by atoms with Gasteiger partial charge in [0.05, 0.1) is 5.92 Å². The van der Waals surface area contributed by atoms with Gasteiger partial charge in [-0.3, -0.25) is 4.79 Å². The molecule has 1 amide bonds. The molecule has 2 atom stereocenters. The Bertz CT molecular complexity index is 446. The summed E-state index contributed by atoms with van der Waals surface area (Å²) >= 11 is 0. The molecule has 0 spiro atoms. The van der Waals surface area contributed by atoms with E-state index in [0.29, 0.717) is 17.9 Å². The highest BCUT2D eigenvalue weighted by Gasteiger charge is 2.26. The van der Waals surface area contributed by atoms with Crippen molar-refractivity contribution in [3.8, 4) is 0 Å². The summed E-state index contributed by atoms with van der Waals surface area (Å²) in [5.74, 6) is -1.42. The first-order chi connectivity index (χ1) is 9.45. The van der Waals surface area contributed by atoms with Crippen molar-refractivity contribution in [1.29, 1.82) is 0 Å². The minimum absolute atomic E-state index is 0.213. The lowest BCUT2D eigenvalue weighted by molar-refractivity contribution is -0.142. The van der Waals surface area contributed by atoms with Crippen molar-refractivity contribution in [3.63, 3.8) is 0 Å². The van der Waals surface area contributed by atoms with Crippen molar-refractivity contribution in [2.45, 2.75) is 26.3 Å². The first-order valence-corrected chi connectivity index (χ1v) is 6.73. The fourth-order valence-electron chi connectivity index (χ4n) is 2.07. The Balaban J connectivity index is 2.81. The number of benzene rings is 1. The van der Waals surface area contributed by atoms with Gasteiger partial charge in [-0.05, 0) is 17.9 Å². The van der Waals surface area contributed by atoms with Gasteiger partial charge in [0.15, 0.2) is 6.04 Å². The molecule has 0 heterocycles. The Morgan fingerprint density at radius 3 is 2.30 bits per heavy atom. The molecule has 5 heteroatoms. The average Bonchev–Trinajstić information content (AvgIpc) is 2.42. The predicted octanol–water partition coefficient (Wildman–Crippen LogP) is 1.55. The van der Waals surface area contributed by atoms with E-state index < -0.39 is 12.0 Å². The van der Waals surface area contributed by atoms with Crippen LogP contribution < -0.4 is 11.1 Å². The molecule has 4 N–H and O–H groups in total. The highest BCUT2D eigenvalue weighted by Crippen LogP contribution is 2.16. The maximum atomic E-state index is 12.1. The van der Waals surface area contributed by atoms with E-state index in [1.807, 2.05) is 13.8 Å². The molecule has 1 aromatic carbocycles. The number of nitrogens with two attached hydrogens (primary N) is 1. The second-order valence-corrected chi connectivity index (χ2v) is 5.25. The monoisotopic (exact) mass is 278 g/mol. The Hall–Kier alpha value is -1.88. The van der Waals surface area contributed by atoms with Crippen molar-refractivity contribution in [1.82, 2.24) is 5.32 Å². The van der Waals surface area contributed by atoms with Gasteiger partial charge in [-0.1, -0.05) is 44.2 Å². The van der Waals surface area contributed by atoms with E-state index in [4.69, 9.17) is 5.73 Å². The number of amides is 1. The zero-order valence-corrected chi connectivity index (χ0v) is 11.9. The van der Waals surface area contributed by atoms with Gasteiger partial charge in [0.1, 0.15) is 0 Å². The highest BCUT2D eigenvalue weighted by molar-refractivity contribution is 5.86. The molecule has 1 aromatic rings. The second kappa shape index (κ2) is 7.65. The van der Waals surface area contributed by atoms with Crippen LogP contribution in [0.15, 0.2) is 30.3 Å². The summed E-state index contributed by atoms with van der Waals surface area (Å²) in [5, 5.41) is 11.8. The van der Waals surface area contributed by atoms with Gasteiger partial charge < -0.3 is 16.2 Å². The summed E-state index contributed by atoms with van der Waals surface area (Å²) in [5.41, 5.74) is 6.15. The number of hydrogen-bond donors (Lipinski definition) is 3. The van der Waals surface area contributed by atoms with Crippen LogP contribution in [0.1, 0.15) is 31.9 Å². The van der Waals surface area contributed by atoms with Gasteiger partial charge in [0.25, 0.3) is 0 Å². The Morgan fingerprint density at radius 2 is 1.85 bits per heavy atom. The van der Waals surface area contributed by atoms with Crippen LogP contribution in [-0.2, 0) is 9.59 Å². The first-order valence-electron chi connectivity index (χ1n) is 6.73. The largest absolute Gasteiger partial charge is 0.479 e. The van der Waals surface area contributed by atoms with E-state index in [0.717, 1.165) is 0 Å². The van der Waals surface area contributed by atoms with Crippen LogP contribution in [0, 0.1) is 11.8 Å². The van der Waals surface area contributed by atoms with Crippen molar-refractivity contribution in [2.75, 3.05) is 6.54 Å². The molecule has 0 radical (unpaired) electrons. The third-order valence-electron chi connectivity index (χ3n) is 3.08. The summed E-state index contributed by atoms with van der Waals surface area (Å²) in [4.78, 5) is 23.5. The normalized spacial score (nSPS) is 13.8. The average molecular weight is 278 g/mol. The van der Waals surface area contributed by atoms with Crippen LogP contribution >= 0.6 is 0 Å². The summed E-state index contributed by atoms with van der Waals surface area (Å²) in [6, 6.07) is 7.60. The van der Waals surface area contributed by atoms with E-state index in [2.05, 4.69) is 5.32 Å². The SMILES string of the molecule is CC(C)CC(CN)C(=O)NC(C(=O)O)c1ccccc1. The van der Waals surface area contributed by atoms with Crippen LogP contribution in [0.2, 0.25) is 0 Å². The van der Waals surface area contributed by atoms with Crippen molar-refractivity contribution in [2.24, 2.45) is 17.6 Å². The third kappa shape index (κ3) is 4.66. The second-order valence-electron chi connectivity index (χ2n) is 5.25. The number of hydrogen-bond acceptors (Lipinski definition) is 3. The van der Waals surface area contributed by atoms with Crippen molar-refractivity contribution < 1.29 is 14.7 Å². The molecule has 0 aliphatic carbocycles. The van der Waals surface area contributed by atoms with E-state index in [1.54, 1.807) is 30.3 Å². The van der Waals surface area contributed by atoms with Crippen molar-refractivity contribution >= 4 is 11.9 Å². The fraction of sp³-hybridized carbons (Fsp3) is 0.467. The minimum Gasteiger partial charge on any atom is -0.479 e. The molecular formula is C15H22N2O3. The molecule has 0 aromatic heterocycles. The lowest BCUT2D eigenvalue weighted by Gasteiger charge is -2.20. The smallest absolute Gasteiger partial charge is 0.330 e. The van der Waals surface area contributed by atoms with Crippen LogP contribution in [-0.4, -0.2) is 23.5 Å². The van der Waals surface area contributed by atoms with E-state index in [-0.39, 0.29) is 18.4 Å². The zero-order valence-electron chi connectivity index (χ0n) is 11.9. The molecule has 5 nitrogen and oxygen atoms in total. The fourth-order valence-corrected chi connectivity index (χ4v) is 2.07. The third-order valence-corrected chi connectivity index (χ3v) is 3.08. The standard InChI is InChI=1S/C15H22N2O3/c1-10(2)8-12(9-16)14(18)17-13(15(19)20)11-6-4-3-5-7-11/h3-7,10,12-13H,8-9,16H2,1-2H3,(H,17,18)(H,19,20). The molecule has 20 heavy (non-hydrogen) atoms. The van der Waals surface area contributed by atoms with Crippen LogP contribution in [0.5, 0.6) is 0 Å². The molecule has 0 bridgehead atoms. The predicted molar refractivity (Wildman–Crippen MR) is 77.0 cm³/mol. The van der Waals surface area contributed by atoms with E-state index in [9.17, 15) is 14.7 Å².